The highest BCUT2D eigenvalue weighted by Crippen LogP contribution is 2.38. The first-order valence-electron chi connectivity index (χ1n) is 15.9. The van der Waals surface area contributed by atoms with Gasteiger partial charge in [-0.15, -0.1) is 0 Å². The Labute approximate surface area is 241 Å². The van der Waals surface area contributed by atoms with Gasteiger partial charge in [0.05, 0.1) is 28.9 Å². The number of nitrogens with one attached hydrogen (secondary N) is 2. The predicted octanol–water partition coefficient (Wildman–Crippen LogP) is 7.29. The van der Waals surface area contributed by atoms with Gasteiger partial charge in [0.2, 0.25) is 0 Å². The Morgan fingerprint density at radius 1 is 0.600 bits per heavy atom. The van der Waals surface area contributed by atoms with Gasteiger partial charge < -0.3 is 10.3 Å². The van der Waals surface area contributed by atoms with Gasteiger partial charge in [-0.25, -0.2) is 9.98 Å². The third-order valence-electron chi connectivity index (χ3n) is 9.40. The molecule has 0 aromatic carbocycles. The molecule has 0 amide bonds. The summed E-state index contributed by atoms with van der Waals surface area (Å²) < 4.78 is 0. The van der Waals surface area contributed by atoms with Crippen LogP contribution < -0.4 is 16.0 Å². The van der Waals surface area contributed by atoms with Crippen molar-refractivity contribution in [3.8, 4) is 0 Å². The fraction of sp³-hybridized carbons (Fsp3) is 0.500. The summed E-state index contributed by atoms with van der Waals surface area (Å²) in [7, 11) is 0. The molecule has 4 heteroatoms. The lowest BCUT2D eigenvalue weighted by Gasteiger charge is -2.18. The Balaban J connectivity index is 1.87. The van der Waals surface area contributed by atoms with E-state index in [4.69, 9.17) is 9.98 Å². The monoisotopic (exact) mass is 536 g/mol. The first-order chi connectivity index (χ1) is 19.5. The number of hydrogen-bond acceptors (Lipinski definition) is 3. The zero-order valence-corrected chi connectivity index (χ0v) is 26.0. The molecule has 0 spiro atoms. The van der Waals surface area contributed by atoms with Crippen LogP contribution >= 0.6 is 0 Å². The van der Waals surface area contributed by atoms with Crippen LogP contribution in [0.1, 0.15) is 105 Å². The summed E-state index contributed by atoms with van der Waals surface area (Å²) in [6, 6.07) is 0.239. The number of H-pyrrole nitrogens is 1. The summed E-state index contributed by atoms with van der Waals surface area (Å²) >= 11 is 0. The van der Waals surface area contributed by atoms with Crippen LogP contribution in [0.5, 0.6) is 0 Å². The second-order valence-corrected chi connectivity index (χ2v) is 11.3. The van der Waals surface area contributed by atoms with E-state index in [1.807, 2.05) is 0 Å². The van der Waals surface area contributed by atoms with Gasteiger partial charge in [-0.1, -0.05) is 55.4 Å². The van der Waals surface area contributed by atoms with Crippen LogP contribution in [0.2, 0.25) is 0 Å². The standard InChI is InChI=1S/C36H48N4/c1-9-21-22(10-2)30-18-32-25(13-5)26(14-6)34(39-32)20-36-28(16-8)27(15-7)35(40-36)19-33-24(12-4)23(11-3)31(38-33)17-29(21)37-30/h17-21,29,37,40H,9-16H2,1-8H3. The number of fused-ring (bicyclic) bond motifs is 6. The van der Waals surface area contributed by atoms with Crippen LogP contribution in [0, 0.1) is 5.92 Å². The second-order valence-electron chi connectivity index (χ2n) is 11.3. The number of aromatic nitrogens is 1. The Bertz CT molecular complexity index is 1540. The van der Waals surface area contributed by atoms with Gasteiger partial charge >= 0.3 is 0 Å². The van der Waals surface area contributed by atoms with Crippen LogP contribution in [0.15, 0.2) is 67.1 Å². The zero-order chi connectivity index (χ0) is 28.6. The molecule has 4 aliphatic rings. The fourth-order valence-electron chi connectivity index (χ4n) is 7.51. The highest BCUT2D eigenvalue weighted by atomic mass is 15.0. The number of allylic oxidation sites excluding steroid dienone is 5. The number of nitrogens with zero attached hydrogens (tertiary/aromatic N) is 2. The normalized spacial score (nSPS) is 22.2. The van der Waals surface area contributed by atoms with E-state index in [1.54, 1.807) is 0 Å². The van der Waals surface area contributed by atoms with Gasteiger partial charge in [-0.3, -0.25) is 0 Å². The number of hydrogen-bond donors (Lipinski definition) is 2. The van der Waals surface area contributed by atoms with Crippen molar-refractivity contribution >= 4 is 23.6 Å². The summed E-state index contributed by atoms with van der Waals surface area (Å²) in [5.74, 6) is 0.465. The van der Waals surface area contributed by atoms with E-state index in [-0.39, 0.29) is 6.04 Å². The molecule has 1 aromatic rings. The Morgan fingerprint density at radius 2 is 1.12 bits per heavy atom. The van der Waals surface area contributed by atoms with E-state index in [2.05, 4.69) is 90.0 Å². The molecule has 8 bridgehead atoms. The molecule has 212 valence electrons. The molecular formula is C36H48N4. The average molecular weight is 537 g/mol. The van der Waals surface area contributed by atoms with Crippen molar-refractivity contribution < 1.29 is 0 Å². The Morgan fingerprint density at radius 3 is 1.60 bits per heavy atom. The second kappa shape index (κ2) is 11.8. The lowest BCUT2D eigenvalue weighted by atomic mass is 9.88. The van der Waals surface area contributed by atoms with Crippen molar-refractivity contribution in [2.75, 3.05) is 0 Å². The molecule has 5 rings (SSSR count). The number of aliphatic imine (C=N–C) groups is 2. The topological polar surface area (TPSA) is 52.5 Å². The largest absolute Gasteiger partial charge is 0.378 e. The molecule has 2 N–H and O–H groups in total. The fourth-order valence-corrected chi connectivity index (χ4v) is 7.51. The summed E-state index contributed by atoms with van der Waals surface area (Å²) in [6.07, 6.45) is 17.5. The van der Waals surface area contributed by atoms with Crippen LogP contribution in [0.3, 0.4) is 0 Å². The minimum atomic E-state index is 0.239. The van der Waals surface area contributed by atoms with E-state index in [9.17, 15) is 0 Å². The molecule has 40 heavy (non-hydrogen) atoms. The zero-order valence-electron chi connectivity index (χ0n) is 26.0. The van der Waals surface area contributed by atoms with Crippen molar-refractivity contribution in [1.29, 1.82) is 0 Å². The highest BCUT2D eigenvalue weighted by Gasteiger charge is 2.33. The maximum Gasteiger partial charge on any atom is 0.0693 e. The molecule has 2 atom stereocenters. The molecule has 0 fully saturated rings. The van der Waals surface area contributed by atoms with E-state index in [0.29, 0.717) is 5.92 Å². The average Bonchev–Trinajstić information content (AvgIpc) is 3.67. The molecule has 2 unspecified atom stereocenters. The van der Waals surface area contributed by atoms with Crippen LogP contribution in [0.25, 0.3) is 12.2 Å². The lowest BCUT2D eigenvalue weighted by molar-refractivity contribution is 0.514. The maximum absolute atomic E-state index is 5.33. The number of aromatic amines is 1. The van der Waals surface area contributed by atoms with Crippen LogP contribution in [-0.2, 0) is 12.8 Å². The van der Waals surface area contributed by atoms with Gasteiger partial charge in [-0.05, 0) is 115 Å². The first-order valence-corrected chi connectivity index (χ1v) is 15.9. The third-order valence-corrected chi connectivity index (χ3v) is 9.40. The van der Waals surface area contributed by atoms with E-state index in [0.717, 1.165) is 74.2 Å². The van der Waals surface area contributed by atoms with Gasteiger partial charge in [0.25, 0.3) is 0 Å². The maximum atomic E-state index is 5.33. The molecule has 5 heterocycles. The minimum absolute atomic E-state index is 0.239. The van der Waals surface area contributed by atoms with E-state index < -0.39 is 0 Å². The van der Waals surface area contributed by atoms with Crippen molar-refractivity contribution in [2.45, 2.75) is 113 Å². The Hall–Kier alpha value is -3.14. The number of rotatable bonds is 8. The molecule has 0 saturated heterocycles. The van der Waals surface area contributed by atoms with Gasteiger partial charge in [0.1, 0.15) is 0 Å². The summed E-state index contributed by atoms with van der Waals surface area (Å²) in [4.78, 5) is 14.5. The molecule has 0 radical (unpaired) electrons. The minimum Gasteiger partial charge on any atom is -0.378 e. The highest BCUT2D eigenvalue weighted by molar-refractivity contribution is 6.24. The van der Waals surface area contributed by atoms with E-state index >= 15 is 0 Å². The molecular weight excluding hydrogens is 488 g/mol. The first kappa shape index (κ1) is 28.4. The van der Waals surface area contributed by atoms with Crippen LogP contribution in [0.4, 0.5) is 0 Å². The van der Waals surface area contributed by atoms with Gasteiger partial charge in [0, 0.05) is 22.3 Å². The predicted molar refractivity (Wildman–Crippen MR) is 172 cm³/mol. The quantitative estimate of drug-likeness (QED) is 0.360. The van der Waals surface area contributed by atoms with Crippen molar-refractivity contribution in [3.05, 3.63) is 78.9 Å². The van der Waals surface area contributed by atoms with Crippen molar-refractivity contribution in [1.82, 2.24) is 10.3 Å². The molecule has 4 nitrogen and oxygen atoms in total. The third kappa shape index (κ3) is 4.63. The molecule has 0 saturated carbocycles. The van der Waals surface area contributed by atoms with Crippen molar-refractivity contribution in [2.24, 2.45) is 15.9 Å². The molecule has 0 aliphatic carbocycles. The van der Waals surface area contributed by atoms with Crippen molar-refractivity contribution in [3.63, 3.8) is 0 Å². The summed E-state index contributed by atoms with van der Waals surface area (Å²) in [5, 5.41) is 6.35. The summed E-state index contributed by atoms with van der Waals surface area (Å²) in [5.41, 5.74) is 15.7. The smallest absolute Gasteiger partial charge is 0.0693 e. The molecule has 1 aromatic heterocycles. The van der Waals surface area contributed by atoms with E-state index in [1.165, 1.54) is 55.4 Å². The molecule has 4 aliphatic heterocycles. The van der Waals surface area contributed by atoms with Crippen LogP contribution in [-0.4, -0.2) is 22.4 Å². The van der Waals surface area contributed by atoms with Gasteiger partial charge in [0.15, 0.2) is 0 Å². The SMILES string of the molecule is CCC1=C(CC)C2=NC1=CC1=C(CC)C(CC)C(C=C3N=C(C=c4[nH]c(c(CC)c4CC)=C2)C(CC)=C3CC)N1. The summed E-state index contributed by atoms with van der Waals surface area (Å²) in [6.45, 7) is 18.3. The van der Waals surface area contributed by atoms with Gasteiger partial charge in [-0.2, -0.15) is 0 Å². The lowest BCUT2D eigenvalue weighted by Crippen LogP contribution is -2.26. The Kier molecular flexibility index (Phi) is 8.35.